The monoisotopic (exact) mass is 430 g/mol. The Hall–Kier alpha value is -2.22. The van der Waals surface area contributed by atoms with Crippen molar-refractivity contribution in [3.63, 3.8) is 0 Å². The first-order valence-corrected chi connectivity index (χ1v) is 12.0. The Kier molecular flexibility index (Phi) is 7.05. The quantitative estimate of drug-likeness (QED) is 0.481. The van der Waals surface area contributed by atoms with Crippen LogP contribution in [0.1, 0.15) is 35.9 Å². The van der Waals surface area contributed by atoms with Gasteiger partial charge in [0.1, 0.15) is 10.8 Å². The highest BCUT2D eigenvalue weighted by atomic mass is 32.2. The van der Waals surface area contributed by atoms with E-state index in [0.717, 1.165) is 39.5 Å². The van der Waals surface area contributed by atoms with E-state index in [2.05, 4.69) is 16.6 Å². The van der Waals surface area contributed by atoms with Crippen LogP contribution in [0.25, 0.3) is 10.6 Å². The molecule has 5 nitrogen and oxygen atoms in total. The number of ether oxygens (including phenoxy) is 1. The number of sulfonamides is 1. The SMILES string of the molecule is CCCCOc1ccc(S(=O)(=O)NCc2sc(-c3ccccc3C)nc2C)cc1. The Morgan fingerprint density at radius 1 is 1.07 bits per heavy atom. The van der Waals surface area contributed by atoms with Crippen LogP contribution in [0, 0.1) is 13.8 Å². The molecule has 0 spiro atoms. The van der Waals surface area contributed by atoms with Crippen LogP contribution in [-0.4, -0.2) is 20.0 Å². The number of aromatic nitrogens is 1. The molecule has 0 amide bonds. The smallest absolute Gasteiger partial charge is 0.240 e. The predicted molar refractivity (Wildman–Crippen MR) is 118 cm³/mol. The van der Waals surface area contributed by atoms with E-state index in [4.69, 9.17) is 4.74 Å². The summed E-state index contributed by atoms with van der Waals surface area (Å²) in [4.78, 5) is 5.76. The minimum atomic E-state index is -3.61. The van der Waals surface area contributed by atoms with E-state index in [9.17, 15) is 8.42 Å². The van der Waals surface area contributed by atoms with Gasteiger partial charge >= 0.3 is 0 Å². The van der Waals surface area contributed by atoms with Gasteiger partial charge in [-0.05, 0) is 50.1 Å². The largest absolute Gasteiger partial charge is 0.494 e. The Balaban J connectivity index is 1.68. The number of hydrogen-bond donors (Lipinski definition) is 1. The number of nitrogens with zero attached hydrogens (tertiary/aromatic N) is 1. The summed E-state index contributed by atoms with van der Waals surface area (Å²) in [6.07, 6.45) is 2.03. The second kappa shape index (κ2) is 9.52. The summed E-state index contributed by atoms with van der Waals surface area (Å²) >= 11 is 1.52. The summed E-state index contributed by atoms with van der Waals surface area (Å²) in [5.74, 6) is 0.679. The van der Waals surface area contributed by atoms with E-state index in [1.807, 2.05) is 38.1 Å². The molecule has 0 saturated carbocycles. The van der Waals surface area contributed by atoms with Crippen molar-refractivity contribution in [2.75, 3.05) is 6.61 Å². The van der Waals surface area contributed by atoms with Crippen molar-refractivity contribution in [3.8, 4) is 16.3 Å². The molecule has 0 bridgehead atoms. The van der Waals surface area contributed by atoms with E-state index in [1.54, 1.807) is 24.3 Å². The zero-order valence-corrected chi connectivity index (χ0v) is 18.6. The summed E-state index contributed by atoms with van der Waals surface area (Å²) in [5, 5.41) is 0.906. The Bertz CT molecular complexity index is 1060. The number of nitrogens with one attached hydrogen (secondary N) is 1. The van der Waals surface area contributed by atoms with Gasteiger partial charge in [0.05, 0.1) is 17.2 Å². The molecule has 1 aromatic heterocycles. The lowest BCUT2D eigenvalue weighted by atomic mass is 10.1. The molecule has 0 radical (unpaired) electrons. The highest BCUT2D eigenvalue weighted by Gasteiger charge is 2.17. The molecule has 0 aliphatic heterocycles. The molecule has 0 unspecified atom stereocenters. The number of benzene rings is 2. The van der Waals surface area contributed by atoms with Gasteiger partial charge in [0, 0.05) is 17.0 Å². The molecule has 154 valence electrons. The Labute approximate surface area is 176 Å². The molecule has 0 aliphatic carbocycles. The van der Waals surface area contributed by atoms with E-state index in [1.165, 1.54) is 11.3 Å². The number of thiazole rings is 1. The molecule has 0 aliphatic rings. The number of aryl methyl sites for hydroxylation is 2. The van der Waals surface area contributed by atoms with E-state index in [-0.39, 0.29) is 11.4 Å². The van der Waals surface area contributed by atoms with Crippen molar-refractivity contribution in [3.05, 3.63) is 64.7 Å². The summed E-state index contributed by atoms with van der Waals surface area (Å²) in [7, 11) is -3.61. The van der Waals surface area contributed by atoms with Crippen molar-refractivity contribution in [1.29, 1.82) is 0 Å². The highest BCUT2D eigenvalue weighted by Crippen LogP contribution is 2.30. The average molecular weight is 431 g/mol. The van der Waals surface area contributed by atoms with Crippen molar-refractivity contribution in [2.45, 2.75) is 45.1 Å². The lowest BCUT2D eigenvalue weighted by Gasteiger charge is -2.08. The predicted octanol–water partition coefficient (Wildman–Crippen LogP) is 5.08. The summed E-state index contributed by atoms with van der Waals surface area (Å²) in [6, 6.07) is 14.6. The van der Waals surface area contributed by atoms with Crippen molar-refractivity contribution in [1.82, 2.24) is 9.71 Å². The topological polar surface area (TPSA) is 68.3 Å². The van der Waals surface area contributed by atoms with Crippen LogP contribution in [0.5, 0.6) is 5.75 Å². The minimum Gasteiger partial charge on any atom is -0.494 e. The third-order valence-corrected chi connectivity index (χ3v) is 7.20. The van der Waals surface area contributed by atoms with Crippen molar-refractivity contribution >= 4 is 21.4 Å². The third-order valence-electron chi connectivity index (χ3n) is 4.59. The maximum atomic E-state index is 12.7. The van der Waals surface area contributed by atoms with Gasteiger partial charge in [-0.3, -0.25) is 0 Å². The molecule has 0 saturated heterocycles. The van der Waals surface area contributed by atoms with Gasteiger partial charge < -0.3 is 4.74 Å². The van der Waals surface area contributed by atoms with E-state index >= 15 is 0 Å². The maximum Gasteiger partial charge on any atom is 0.240 e. The first-order valence-electron chi connectivity index (χ1n) is 9.65. The third kappa shape index (κ3) is 5.44. The molecule has 1 N–H and O–H groups in total. The van der Waals surface area contributed by atoms with Crippen molar-refractivity contribution < 1.29 is 13.2 Å². The van der Waals surface area contributed by atoms with Crippen LogP contribution >= 0.6 is 11.3 Å². The molecule has 7 heteroatoms. The molecule has 3 rings (SSSR count). The lowest BCUT2D eigenvalue weighted by molar-refractivity contribution is 0.309. The molecule has 2 aromatic carbocycles. The molecule has 3 aromatic rings. The standard InChI is InChI=1S/C22H26N2O3S2/c1-4-5-14-27-18-10-12-19(13-11-18)29(25,26)23-15-21-17(3)24-22(28-21)20-9-7-6-8-16(20)2/h6-13,23H,4-5,14-15H2,1-3H3. The first-order chi connectivity index (χ1) is 13.9. The van der Waals surface area contributed by atoms with Gasteiger partial charge in [-0.15, -0.1) is 11.3 Å². The van der Waals surface area contributed by atoms with Gasteiger partial charge in [0.15, 0.2) is 0 Å². The van der Waals surface area contributed by atoms with E-state index < -0.39 is 10.0 Å². The van der Waals surface area contributed by atoms with Crippen LogP contribution in [0.4, 0.5) is 0 Å². The van der Waals surface area contributed by atoms with Gasteiger partial charge in [-0.1, -0.05) is 37.6 Å². The molecule has 0 atom stereocenters. The second-order valence-electron chi connectivity index (χ2n) is 6.84. The number of hydrogen-bond acceptors (Lipinski definition) is 5. The molecular weight excluding hydrogens is 404 g/mol. The highest BCUT2D eigenvalue weighted by molar-refractivity contribution is 7.89. The Morgan fingerprint density at radius 3 is 2.48 bits per heavy atom. The fourth-order valence-electron chi connectivity index (χ4n) is 2.81. The van der Waals surface area contributed by atoms with Gasteiger partial charge in [-0.25, -0.2) is 18.1 Å². The first kappa shape index (κ1) is 21.5. The Morgan fingerprint density at radius 2 is 1.79 bits per heavy atom. The summed E-state index contributed by atoms with van der Waals surface area (Å²) in [5.41, 5.74) is 3.07. The minimum absolute atomic E-state index is 0.215. The fourth-order valence-corrected chi connectivity index (χ4v) is 4.99. The van der Waals surface area contributed by atoms with Crippen LogP contribution in [0.3, 0.4) is 0 Å². The number of unbranched alkanes of at least 4 members (excludes halogenated alkanes) is 1. The maximum absolute atomic E-state index is 12.7. The normalized spacial score (nSPS) is 11.6. The van der Waals surface area contributed by atoms with Gasteiger partial charge in [-0.2, -0.15) is 0 Å². The molecule has 1 heterocycles. The van der Waals surface area contributed by atoms with Gasteiger partial charge in [0.2, 0.25) is 10.0 Å². The fraction of sp³-hybridized carbons (Fsp3) is 0.318. The summed E-state index contributed by atoms with van der Waals surface area (Å²) in [6.45, 7) is 6.90. The molecule has 0 fully saturated rings. The summed E-state index contributed by atoms with van der Waals surface area (Å²) < 4.78 is 33.6. The van der Waals surface area contributed by atoms with Crippen LogP contribution in [0.15, 0.2) is 53.4 Å². The second-order valence-corrected chi connectivity index (χ2v) is 9.69. The zero-order valence-electron chi connectivity index (χ0n) is 16.9. The van der Waals surface area contributed by atoms with Crippen LogP contribution in [0.2, 0.25) is 0 Å². The van der Waals surface area contributed by atoms with Crippen LogP contribution in [-0.2, 0) is 16.6 Å². The number of rotatable bonds is 9. The average Bonchev–Trinajstić information content (AvgIpc) is 3.08. The van der Waals surface area contributed by atoms with E-state index in [0.29, 0.717) is 12.4 Å². The lowest BCUT2D eigenvalue weighted by Crippen LogP contribution is -2.23. The van der Waals surface area contributed by atoms with Crippen LogP contribution < -0.4 is 9.46 Å². The zero-order chi connectivity index (χ0) is 20.9. The van der Waals surface area contributed by atoms with Crippen molar-refractivity contribution in [2.24, 2.45) is 0 Å². The molecular formula is C22H26N2O3S2. The molecule has 29 heavy (non-hydrogen) atoms. The van der Waals surface area contributed by atoms with Gasteiger partial charge in [0.25, 0.3) is 0 Å².